The van der Waals surface area contributed by atoms with Crippen molar-refractivity contribution >= 4 is 22.7 Å². The van der Waals surface area contributed by atoms with E-state index in [9.17, 15) is 22.8 Å². The van der Waals surface area contributed by atoms with Crippen LogP contribution in [0.3, 0.4) is 0 Å². The first-order valence-corrected chi connectivity index (χ1v) is 16.1. The van der Waals surface area contributed by atoms with Crippen LogP contribution in [0.2, 0.25) is 0 Å². The topological polar surface area (TPSA) is 65.2 Å². The molecule has 234 valence electrons. The van der Waals surface area contributed by atoms with Crippen molar-refractivity contribution < 1.29 is 22.8 Å². The molecule has 0 saturated heterocycles. The summed E-state index contributed by atoms with van der Waals surface area (Å²) in [6.45, 7) is 6.46. The van der Waals surface area contributed by atoms with Gasteiger partial charge in [0.15, 0.2) is 0 Å². The number of nitrogens with zero attached hydrogens (tertiary/aromatic N) is 1. The molecule has 1 aromatic heterocycles. The first-order chi connectivity index (χ1) is 20.8. The van der Waals surface area contributed by atoms with Crippen LogP contribution in [0.25, 0.3) is 10.9 Å². The van der Waals surface area contributed by atoms with Crippen LogP contribution in [0.5, 0.6) is 0 Å². The number of rotatable bonds is 8. The number of aryl methyl sites for hydroxylation is 1. The van der Waals surface area contributed by atoms with Gasteiger partial charge >= 0.3 is 6.18 Å². The number of hydrogen-bond donors (Lipinski definition) is 2. The molecule has 5 fully saturated rings. The summed E-state index contributed by atoms with van der Waals surface area (Å²) in [5.74, 6) is 2.01. The van der Waals surface area contributed by atoms with Crippen molar-refractivity contribution in [2.24, 2.45) is 29.1 Å². The normalized spacial score (nSPS) is 30.0. The lowest BCUT2D eigenvalue weighted by atomic mass is 9.53. The van der Waals surface area contributed by atoms with Crippen LogP contribution < -0.4 is 5.32 Å². The number of benzene rings is 2. The number of amides is 2. The number of hydrogen-bond acceptors (Lipinski definition) is 2. The summed E-state index contributed by atoms with van der Waals surface area (Å²) in [5.41, 5.74) is 3.01. The van der Waals surface area contributed by atoms with Gasteiger partial charge in [-0.25, -0.2) is 0 Å². The maximum absolute atomic E-state index is 14.0. The lowest BCUT2D eigenvalue weighted by Gasteiger charge is -2.57. The van der Waals surface area contributed by atoms with E-state index < -0.39 is 11.7 Å². The van der Waals surface area contributed by atoms with E-state index in [0.29, 0.717) is 23.3 Å². The first kappa shape index (κ1) is 29.4. The Morgan fingerprint density at radius 1 is 0.955 bits per heavy atom. The smallest absolute Gasteiger partial charge is 0.358 e. The van der Waals surface area contributed by atoms with Gasteiger partial charge in [0.1, 0.15) is 0 Å². The molecule has 5 aliphatic rings. The van der Waals surface area contributed by atoms with E-state index in [4.69, 9.17) is 0 Å². The number of H-pyrrole nitrogens is 1. The van der Waals surface area contributed by atoms with Crippen molar-refractivity contribution in [2.45, 2.75) is 89.9 Å². The highest BCUT2D eigenvalue weighted by molar-refractivity contribution is 5.88. The van der Waals surface area contributed by atoms with Crippen molar-refractivity contribution in [3.63, 3.8) is 0 Å². The summed E-state index contributed by atoms with van der Waals surface area (Å²) < 4.78 is 39.7. The lowest BCUT2D eigenvalue weighted by Crippen LogP contribution is -2.61. The minimum Gasteiger partial charge on any atom is -0.358 e. The second-order valence-corrected chi connectivity index (χ2v) is 15.0. The van der Waals surface area contributed by atoms with Gasteiger partial charge in [0, 0.05) is 35.1 Å². The molecule has 8 rings (SSSR count). The second kappa shape index (κ2) is 10.4. The van der Waals surface area contributed by atoms with E-state index >= 15 is 0 Å². The Labute approximate surface area is 257 Å². The summed E-state index contributed by atoms with van der Waals surface area (Å²) in [7, 11) is 0. The third kappa shape index (κ3) is 5.32. The predicted octanol–water partition coefficient (Wildman–Crippen LogP) is 7.74. The number of aromatic nitrogens is 1. The van der Waals surface area contributed by atoms with Gasteiger partial charge in [-0.05, 0) is 110 Å². The molecule has 2 N–H and O–H groups in total. The number of aromatic amines is 1. The molecule has 8 heteroatoms. The van der Waals surface area contributed by atoms with E-state index in [0.717, 1.165) is 42.6 Å². The summed E-state index contributed by atoms with van der Waals surface area (Å²) >= 11 is 0. The highest BCUT2D eigenvalue weighted by Gasteiger charge is 2.60. The fourth-order valence-corrected chi connectivity index (χ4v) is 9.74. The van der Waals surface area contributed by atoms with Crippen molar-refractivity contribution in [1.29, 1.82) is 0 Å². The Kier molecular flexibility index (Phi) is 6.94. The zero-order valence-electron chi connectivity index (χ0n) is 25.8. The Morgan fingerprint density at radius 3 is 2.18 bits per heavy atom. The van der Waals surface area contributed by atoms with Gasteiger partial charge in [-0.3, -0.25) is 9.59 Å². The lowest BCUT2D eigenvalue weighted by molar-refractivity contribution is -0.139. The SMILES string of the molecule is Cc1[nH]c2ccccc2c1[C@@H]1[C@@H](CC(=O)N(CC(=O)NC23CC4CC(CC(C4)C2)C3)Cc2ccc(C(F)(F)F)cc2)C1(C)C. The van der Waals surface area contributed by atoms with Crippen molar-refractivity contribution in [3.8, 4) is 0 Å². The molecule has 2 amide bonds. The molecular weight excluding hydrogens is 563 g/mol. The average molecular weight is 606 g/mol. The van der Waals surface area contributed by atoms with Gasteiger partial charge in [-0.2, -0.15) is 13.2 Å². The Bertz CT molecular complexity index is 1550. The third-order valence-electron chi connectivity index (χ3n) is 11.5. The molecule has 5 nitrogen and oxygen atoms in total. The predicted molar refractivity (Wildman–Crippen MR) is 164 cm³/mol. The Hall–Kier alpha value is -3.29. The fraction of sp³-hybridized carbons (Fsp3) is 0.556. The number of nitrogens with one attached hydrogen (secondary N) is 2. The number of para-hydroxylation sites is 1. The fourth-order valence-electron chi connectivity index (χ4n) is 9.74. The molecule has 3 aromatic rings. The molecule has 0 spiro atoms. The molecule has 2 aromatic carbocycles. The number of halogens is 3. The third-order valence-corrected chi connectivity index (χ3v) is 11.5. The molecule has 0 unspecified atom stereocenters. The molecule has 5 aliphatic carbocycles. The van der Waals surface area contributed by atoms with Gasteiger partial charge in [0.05, 0.1) is 12.1 Å². The van der Waals surface area contributed by atoms with Gasteiger partial charge < -0.3 is 15.2 Å². The minimum atomic E-state index is -4.43. The summed E-state index contributed by atoms with van der Waals surface area (Å²) in [6.07, 6.45) is 2.69. The van der Waals surface area contributed by atoms with Crippen LogP contribution in [0.1, 0.15) is 87.1 Å². The van der Waals surface area contributed by atoms with Crippen LogP contribution in [0.4, 0.5) is 13.2 Å². The van der Waals surface area contributed by atoms with E-state index in [1.54, 1.807) is 4.90 Å². The molecule has 4 bridgehead atoms. The van der Waals surface area contributed by atoms with Crippen LogP contribution in [-0.4, -0.2) is 33.8 Å². The van der Waals surface area contributed by atoms with E-state index in [1.807, 2.05) is 12.1 Å². The van der Waals surface area contributed by atoms with Crippen LogP contribution in [0.15, 0.2) is 48.5 Å². The number of alkyl halides is 3. The minimum absolute atomic E-state index is 0.0917. The molecule has 2 atom stereocenters. The zero-order chi connectivity index (χ0) is 31.0. The Morgan fingerprint density at radius 2 is 1.57 bits per heavy atom. The molecule has 0 radical (unpaired) electrons. The van der Waals surface area contributed by atoms with Crippen LogP contribution in [0, 0.1) is 36.0 Å². The molecule has 44 heavy (non-hydrogen) atoms. The summed E-state index contributed by atoms with van der Waals surface area (Å²) in [6, 6.07) is 13.2. The maximum Gasteiger partial charge on any atom is 0.416 e. The molecule has 0 aliphatic heterocycles. The average Bonchev–Trinajstić information content (AvgIpc) is 3.28. The quantitative estimate of drug-likeness (QED) is 0.276. The van der Waals surface area contributed by atoms with E-state index in [-0.39, 0.29) is 54.1 Å². The molecule has 5 saturated carbocycles. The van der Waals surface area contributed by atoms with Crippen molar-refractivity contribution in [2.75, 3.05) is 6.54 Å². The number of carbonyl (C=O) groups excluding carboxylic acids is 2. The van der Waals surface area contributed by atoms with E-state index in [2.05, 4.69) is 43.2 Å². The van der Waals surface area contributed by atoms with Gasteiger partial charge in [0.2, 0.25) is 11.8 Å². The number of carbonyl (C=O) groups is 2. The maximum atomic E-state index is 14.0. The Balaban J connectivity index is 1.10. The monoisotopic (exact) mass is 605 g/mol. The van der Waals surface area contributed by atoms with Gasteiger partial charge in [-0.1, -0.05) is 44.2 Å². The van der Waals surface area contributed by atoms with Crippen LogP contribution in [-0.2, 0) is 22.3 Å². The van der Waals surface area contributed by atoms with Gasteiger partial charge in [-0.15, -0.1) is 0 Å². The van der Waals surface area contributed by atoms with Crippen LogP contribution >= 0.6 is 0 Å². The molecule has 1 heterocycles. The van der Waals surface area contributed by atoms with Crippen molar-refractivity contribution in [1.82, 2.24) is 15.2 Å². The summed E-state index contributed by atoms with van der Waals surface area (Å²) in [4.78, 5) is 32.7. The number of fused-ring (bicyclic) bond motifs is 1. The van der Waals surface area contributed by atoms with Crippen molar-refractivity contribution in [3.05, 3.63) is 70.9 Å². The summed E-state index contributed by atoms with van der Waals surface area (Å²) in [5, 5.41) is 4.56. The molecular formula is C36H42F3N3O2. The van der Waals surface area contributed by atoms with Gasteiger partial charge in [0.25, 0.3) is 0 Å². The zero-order valence-corrected chi connectivity index (χ0v) is 25.8. The standard InChI is InChI=1S/C36H42F3N3O2/c1-21-32(27-6-4-5-7-29(27)40-21)33-28(34(33,2)3)15-31(44)42(19-22-8-10-26(11-9-22)36(37,38)39)20-30(43)41-35-16-23-12-24(17-35)14-25(13-23)18-35/h4-11,23-25,28,33,40H,12-20H2,1-3H3,(H,41,43)/t23?,24?,25?,28-,33+,35?/m1/s1. The second-order valence-electron chi connectivity index (χ2n) is 15.0. The first-order valence-electron chi connectivity index (χ1n) is 16.1. The highest BCUT2D eigenvalue weighted by atomic mass is 19.4. The highest BCUT2D eigenvalue weighted by Crippen LogP contribution is 2.67. The largest absolute Gasteiger partial charge is 0.416 e. The van der Waals surface area contributed by atoms with E-state index in [1.165, 1.54) is 42.3 Å².